The van der Waals surface area contributed by atoms with Gasteiger partial charge in [-0.05, 0) is 28.6 Å². The molecule has 3 heteroatoms. The van der Waals surface area contributed by atoms with Crippen LogP contribution in [0.1, 0.15) is 75.7 Å². The van der Waals surface area contributed by atoms with E-state index in [4.69, 9.17) is 0 Å². The molecule has 6 rings (SSSR count). The molecule has 8 unspecified atom stereocenters. The first-order valence-corrected chi connectivity index (χ1v) is 15.6. The third kappa shape index (κ3) is 4.18. The van der Waals surface area contributed by atoms with E-state index < -0.39 is 0 Å². The molecule has 0 saturated heterocycles. The van der Waals surface area contributed by atoms with Crippen LogP contribution < -0.4 is 24.8 Å². The summed E-state index contributed by atoms with van der Waals surface area (Å²) in [7, 11) is 0. The molecule has 2 saturated carbocycles. The van der Waals surface area contributed by atoms with Crippen LogP contribution in [0.15, 0.2) is 90.6 Å². The molecule has 8 atom stereocenters. The zero-order valence-electron chi connectivity index (χ0n) is 26.2. The Bertz CT molecular complexity index is 1230. The first kappa shape index (κ1) is 35.4. The number of rotatable bonds is 0. The molecule has 0 aromatic carbocycles. The van der Waals surface area contributed by atoms with Gasteiger partial charge in [0.25, 0.3) is 0 Å². The summed E-state index contributed by atoms with van der Waals surface area (Å²) in [6.07, 6.45) is 39.3. The van der Waals surface area contributed by atoms with Crippen molar-refractivity contribution in [2.24, 2.45) is 43.8 Å². The summed E-state index contributed by atoms with van der Waals surface area (Å²) in [4.78, 5) is 0. The maximum Gasteiger partial charge on any atom is -0.109 e. The summed E-state index contributed by atoms with van der Waals surface area (Å²) in [5.74, 6) is 0.460. The molecule has 6 aliphatic rings. The number of halogens is 2. The fourth-order valence-electron chi connectivity index (χ4n) is 9.58. The van der Waals surface area contributed by atoms with E-state index in [-0.39, 0.29) is 62.7 Å². The standard InChI is InChI=1S/C29H37.C5H5.C3H6.2ClH.Zr/c1-21-14-13-15-22-20-27(6)25(4)18-10-9-16-23(25,2)24(3)17-11-12-19-26(24,5)29(27,8)28(21,22)7;1-2-4-5-3-1;1-3-2;;;/h9-20,22H,1-8H3;1-3H,4H2;1-2H3;2*1H;/q2*-1;;;;+2/p-2. The molecule has 0 aliphatic heterocycles. The zero-order chi connectivity index (χ0) is 28.3. The van der Waals surface area contributed by atoms with Gasteiger partial charge in [-0.2, -0.15) is 6.08 Å². The van der Waals surface area contributed by atoms with Crippen LogP contribution in [0.2, 0.25) is 0 Å². The molecule has 0 radical (unpaired) electrons. The molecule has 0 aromatic heterocycles. The topological polar surface area (TPSA) is 0 Å². The largest absolute Gasteiger partial charge is 1.00 e. The fourth-order valence-corrected chi connectivity index (χ4v) is 9.58. The summed E-state index contributed by atoms with van der Waals surface area (Å²) < 4.78 is 1.51. The van der Waals surface area contributed by atoms with Gasteiger partial charge < -0.3 is 31.2 Å². The Morgan fingerprint density at radius 2 is 1.25 bits per heavy atom. The van der Waals surface area contributed by atoms with Crippen LogP contribution in [-0.4, -0.2) is 3.21 Å². The third-order valence-electron chi connectivity index (χ3n) is 12.6. The Morgan fingerprint density at radius 3 is 1.70 bits per heavy atom. The van der Waals surface area contributed by atoms with Crippen molar-refractivity contribution in [2.45, 2.75) is 75.7 Å². The van der Waals surface area contributed by atoms with Crippen LogP contribution in [0.3, 0.4) is 0 Å². The van der Waals surface area contributed by atoms with Crippen molar-refractivity contribution in [3.05, 3.63) is 103 Å². The average molecular weight is 655 g/mol. The normalized spacial score (nSPS) is 45.7. The quantitative estimate of drug-likeness (QED) is 0.350. The van der Waals surface area contributed by atoms with Crippen LogP contribution in [-0.2, 0) is 24.2 Å². The molecule has 0 heterocycles. The van der Waals surface area contributed by atoms with Crippen LogP contribution in [0, 0.1) is 56.3 Å². The number of hydrogen-bond acceptors (Lipinski definition) is 0. The molecular weight excluding hydrogens is 607 g/mol. The van der Waals surface area contributed by atoms with E-state index in [1.807, 2.05) is 12.2 Å². The summed E-state index contributed by atoms with van der Waals surface area (Å²) in [6.45, 7) is 24.5. The number of allylic oxidation sites excluding steroid dienone is 16. The van der Waals surface area contributed by atoms with Gasteiger partial charge in [0.15, 0.2) is 0 Å². The Kier molecular flexibility index (Phi) is 10.4. The predicted molar refractivity (Wildman–Crippen MR) is 162 cm³/mol. The SMILES string of the molecule is CC1=CC=CC2[CH-]C3(C)C4(C)C=CC=CC4(C)C4(C)C=CC=CC4(C)C3(C)C12C.C[C](C)=[Zr+2].[C-]1=CC=CC1.[Cl-].[Cl-]. The fraction of sp³-hybridized carbons (Fsp3) is 0.514. The number of fused-ring (bicyclic) bond motifs is 8. The van der Waals surface area contributed by atoms with Gasteiger partial charge in [0.05, 0.1) is 0 Å². The van der Waals surface area contributed by atoms with Crippen LogP contribution in [0.5, 0.6) is 0 Å². The molecule has 40 heavy (non-hydrogen) atoms. The minimum atomic E-state index is 0. The molecule has 6 aliphatic carbocycles. The van der Waals surface area contributed by atoms with Gasteiger partial charge in [-0.1, -0.05) is 115 Å². The predicted octanol–water partition coefficient (Wildman–Crippen LogP) is 3.71. The van der Waals surface area contributed by atoms with E-state index in [2.05, 4.69) is 155 Å². The van der Waals surface area contributed by atoms with E-state index in [9.17, 15) is 0 Å². The summed E-state index contributed by atoms with van der Waals surface area (Å²) in [6, 6.07) is 0. The molecule has 216 valence electrons. The minimum absolute atomic E-state index is 0. The second-order valence-corrected chi connectivity index (χ2v) is 16.2. The van der Waals surface area contributed by atoms with Crippen molar-refractivity contribution >= 4 is 3.21 Å². The van der Waals surface area contributed by atoms with Gasteiger partial charge in [-0.3, -0.25) is 6.08 Å². The molecule has 0 bridgehead atoms. The van der Waals surface area contributed by atoms with Crippen LogP contribution in [0.4, 0.5) is 0 Å². The zero-order valence-corrected chi connectivity index (χ0v) is 30.2. The molecule has 0 N–H and O–H groups in total. The molecule has 0 nitrogen and oxygen atoms in total. The second kappa shape index (κ2) is 11.7. The smallest absolute Gasteiger partial charge is 0.109 e. The Morgan fingerprint density at radius 1 is 0.775 bits per heavy atom. The average Bonchev–Trinajstić information content (AvgIpc) is 3.49. The maximum atomic E-state index is 2.99. The first-order valence-electron chi connectivity index (χ1n) is 14.3. The van der Waals surface area contributed by atoms with Crippen molar-refractivity contribution < 1.29 is 49.0 Å². The van der Waals surface area contributed by atoms with Crippen molar-refractivity contribution in [3.8, 4) is 0 Å². The molecule has 0 spiro atoms. The Balaban J connectivity index is 0.000000441. The van der Waals surface area contributed by atoms with E-state index in [0.717, 1.165) is 6.42 Å². The van der Waals surface area contributed by atoms with Crippen molar-refractivity contribution in [2.75, 3.05) is 0 Å². The van der Waals surface area contributed by atoms with Crippen LogP contribution >= 0.6 is 0 Å². The molecule has 0 aromatic rings. The van der Waals surface area contributed by atoms with Crippen molar-refractivity contribution in [1.29, 1.82) is 0 Å². The summed E-state index contributed by atoms with van der Waals surface area (Å²) in [5, 5.41) is 0. The Labute approximate surface area is 273 Å². The summed E-state index contributed by atoms with van der Waals surface area (Å²) in [5.41, 5.74) is 1.73. The second-order valence-electron chi connectivity index (χ2n) is 13.7. The van der Waals surface area contributed by atoms with E-state index in [1.165, 1.54) is 8.78 Å². The van der Waals surface area contributed by atoms with Crippen molar-refractivity contribution in [3.63, 3.8) is 0 Å². The molecule has 0 amide bonds. The van der Waals surface area contributed by atoms with Gasteiger partial charge in [0, 0.05) is 10.8 Å². The Hall–Kier alpha value is -0.747. The molecule has 2 fully saturated rings. The first-order chi connectivity index (χ1) is 17.6. The molecular formula is C37H48Cl2Zr-2. The van der Waals surface area contributed by atoms with E-state index >= 15 is 0 Å². The van der Waals surface area contributed by atoms with Crippen molar-refractivity contribution in [1.82, 2.24) is 0 Å². The van der Waals surface area contributed by atoms with Gasteiger partial charge in [0.1, 0.15) is 0 Å². The summed E-state index contributed by atoms with van der Waals surface area (Å²) >= 11 is 1.55. The van der Waals surface area contributed by atoms with E-state index in [0.29, 0.717) is 5.92 Å². The van der Waals surface area contributed by atoms with Gasteiger partial charge in [-0.25, -0.2) is 12.2 Å². The minimum Gasteiger partial charge on any atom is -1.00 e. The maximum absolute atomic E-state index is 2.99. The van der Waals surface area contributed by atoms with Gasteiger partial charge in [-0.15, -0.1) is 23.8 Å². The monoisotopic (exact) mass is 652 g/mol. The van der Waals surface area contributed by atoms with E-state index in [1.54, 1.807) is 24.2 Å². The van der Waals surface area contributed by atoms with Crippen LogP contribution in [0.25, 0.3) is 0 Å². The number of hydrogen-bond donors (Lipinski definition) is 0. The van der Waals surface area contributed by atoms with Gasteiger partial charge in [0.2, 0.25) is 0 Å². The van der Waals surface area contributed by atoms with Gasteiger partial charge >= 0.3 is 41.3 Å². The third-order valence-corrected chi connectivity index (χ3v) is 12.6.